The fourth-order valence-corrected chi connectivity index (χ4v) is 4.21. The van der Waals surface area contributed by atoms with Crippen molar-refractivity contribution in [1.82, 2.24) is 15.2 Å². The molecule has 1 N–H and O–H groups in total. The molecule has 7 nitrogen and oxygen atoms in total. The summed E-state index contributed by atoms with van der Waals surface area (Å²) in [7, 11) is 0. The molecule has 0 radical (unpaired) electrons. The van der Waals surface area contributed by atoms with Crippen molar-refractivity contribution in [2.75, 3.05) is 37.6 Å². The maximum atomic E-state index is 12.6. The number of rotatable bonds is 7. The maximum absolute atomic E-state index is 12.6. The molecule has 1 aromatic heterocycles. The van der Waals surface area contributed by atoms with Crippen LogP contribution in [-0.4, -0.2) is 54.4 Å². The van der Waals surface area contributed by atoms with Crippen LogP contribution in [0.2, 0.25) is 0 Å². The first kappa shape index (κ1) is 23.0. The summed E-state index contributed by atoms with van der Waals surface area (Å²) < 4.78 is 6.66. The summed E-state index contributed by atoms with van der Waals surface area (Å²) >= 11 is 2.12. The van der Waals surface area contributed by atoms with Crippen molar-refractivity contribution in [3.05, 3.63) is 87.6 Å². The van der Waals surface area contributed by atoms with Gasteiger partial charge in [-0.2, -0.15) is 0 Å². The molecule has 0 aliphatic carbocycles. The molecule has 2 aromatic carbocycles. The zero-order valence-electron chi connectivity index (χ0n) is 18.1. The molecule has 2 heterocycles. The van der Waals surface area contributed by atoms with E-state index in [9.17, 15) is 9.59 Å². The zero-order valence-corrected chi connectivity index (χ0v) is 20.3. The Labute approximate surface area is 206 Å². The Bertz CT molecular complexity index is 1080. The second-order valence-corrected chi connectivity index (χ2v) is 8.82. The van der Waals surface area contributed by atoms with Crippen LogP contribution in [0.15, 0.2) is 72.9 Å². The summed E-state index contributed by atoms with van der Waals surface area (Å²) in [6, 6.07) is 21.2. The van der Waals surface area contributed by atoms with E-state index in [-0.39, 0.29) is 18.4 Å². The third-order valence-electron chi connectivity index (χ3n) is 5.44. The van der Waals surface area contributed by atoms with Crippen LogP contribution < -0.4 is 15.0 Å². The number of piperazine rings is 1. The molecule has 1 fully saturated rings. The van der Waals surface area contributed by atoms with Crippen LogP contribution in [0, 0.1) is 3.57 Å². The van der Waals surface area contributed by atoms with Crippen molar-refractivity contribution in [1.29, 1.82) is 0 Å². The van der Waals surface area contributed by atoms with Crippen LogP contribution in [-0.2, 0) is 11.4 Å². The molecule has 0 bridgehead atoms. The van der Waals surface area contributed by atoms with Crippen molar-refractivity contribution >= 4 is 40.2 Å². The highest BCUT2D eigenvalue weighted by Gasteiger charge is 2.22. The Morgan fingerprint density at radius 2 is 1.67 bits per heavy atom. The molecule has 4 rings (SSSR count). The average molecular weight is 556 g/mol. The highest BCUT2D eigenvalue weighted by molar-refractivity contribution is 14.1. The van der Waals surface area contributed by atoms with Gasteiger partial charge in [0, 0.05) is 29.7 Å². The first-order valence-electron chi connectivity index (χ1n) is 10.8. The third kappa shape index (κ3) is 6.22. The molecule has 2 amide bonds. The lowest BCUT2D eigenvalue weighted by Gasteiger charge is -2.35. The fourth-order valence-electron chi connectivity index (χ4n) is 3.58. The average Bonchev–Trinajstić information content (AvgIpc) is 2.87. The van der Waals surface area contributed by atoms with Gasteiger partial charge in [-0.05, 0) is 52.4 Å². The van der Waals surface area contributed by atoms with E-state index in [2.05, 4.69) is 37.8 Å². The number of aromatic nitrogens is 1. The summed E-state index contributed by atoms with van der Waals surface area (Å²) in [5, 5.41) is 2.73. The van der Waals surface area contributed by atoms with E-state index < -0.39 is 0 Å². The van der Waals surface area contributed by atoms with Gasteiger partial charge in [-0.3, -0.25) is 9.59 Å². The smallest absolute Gasteiger partial charge is 0.252 e. The van der Waals surface area contributed by atoms with Gasteiger partial charge in [0.2, 0.25) is 5.91 Å². The number of ether oxygens (including phenoxy) is 1. The molecule has 33 heavy (non-hydrogen) atoms. The van der Waals surface area contributed by atoms with Gasteiger partial charge in [0.25, 0.3) is 5.91 Å². The largest absolute Gasteiger partial charge is 0.487 e. The highest BCUT2D eigenvalue weighted by atomic mass is 127. The number of halogens is 1. The SMILES string of the molecule is O=C(NCC(=O)N1CCN(c2ccc(OCc3ccccc3)cn2)CC1)c1ccccc1I. The predicted octanol–water partition coefficient (Wildman–Crippen LogP) is 3.34. The standard InChI is InChI=1S/C25H25IN4O3/c26-22-9-5-4-8-21(22)25(32)28-17-24(31)30-14-12-29(13-15-30)23-11-10-20(16-27-23)33-18-19-6-2-1-3-7-19/h1-11,16H,12-15,17-18H2,(H,28,32). The Kier molecular flexibility index (Phi) is 7.77. The minimum atomic E-state index is -0.231. The summed E-state index contributed by atoms with van der Waals surface area (Å²) in [4.78, 5) is 33.3. The van der Waals surface area contributed by atoms with Gasteiger partial charge in [-0.15, -0.1) is 0 Å². The monoisotopic (exact) mass is 556 g/mol. The van der Waals surface area contributed by atoms with E-state index in [0.29, 0.717) is 38.3 Å². The van der Waals surface area contributed by atoms with Gasteiger partial charge in [0.15, 0.2) is 0 Å². The fraction of sp³-hybridized carbons (Fsp3) is 0.240. The van der Waals surface area contributed by atoms with E-state index >= 15 is 0 Å². The number of pyridine rings is 1. The lowest BCUT2D eigenvalue weighted by Crippen LogP contribution is -2.51. The number of nitrogens with one attached hydrogen (secondary N) is 1. The predicted molar refractivity (Wildman–Crippen MR) is 135 cm³/mol. The van der Waals surface area contributed by atoms with E-state index in [4.69, 9.17) is 4.74 Å². The minimum absolute atomic E-state index is 0.00446. The molecule has 0 saturated carbocycles. The van der Waals surface area contributed by atoms with E-state index in [1.807, 2.05) is 60.7 Å². The molecule has 0 atom stereocenters. The van der Waals surface area contributed by atoms with Gasteiger partial charge in [0.05, 0.1) is 18.3 Å². The number of benzene rings is 2. The summed E-state index contributed by atoms with van der Waals surface area (Å²) in [5.74, 6) is 1.28. The Morgan fingerprint density at radius 3 is 2.36 bits per heavy atom. The quantitative estimate of drug-likeness (QED) is 0.452. The first-order valence-corrected chi connectivity index (χ1v) is 11.9. The van der Waals surface area contributed by atoms with Gasteiger partial charge in [-0.25, -0.2) is 4.98 Å². The number of anilines is 1. The summed E-state index contributed by atoms with van der Waals surface area (Å²) in [5.41, 5.74) is 1.69. The molecule has 0 unspecified atom stereocenters. The van der Waals surface area contributed by atoms with Crippen molar-refractivity contribution in [2.45, 2.75) is 6.61 Å². The zero-order chi connectivity index (χ0) is 23.0. The molecule has 8 heteroatoms. The second-order valence-electron chi connectivity index (χ2n) is 7.66. The summed E-state index contributed by atoms with van der Waals surface area (Å²) in [6.07, 6.45) is 1.73. The minimum Gasteiger partial charge on any atom is -0.487 e. The van der Waals surface area contributed by atoms with Crippen LogP contribution in [0.1, 0.15) is 15.9 Å². The number of hydrogen-bond acceptors (Lipinski definition) is 5. The Morgan fingerprint density at radius 1 is 0.939 bits per heavy atom. The van der Waals surface area contributed by atoms with Crippen LogP contribution in [0.25, 0.3) is 0 Å². The molecule has 170 valence electrons. The van der Waals surface area contributed by atoms with Gasteiger partial charge in [0.1, 0.15) is 18.2 Å². The first-order chi connectivity index (χ1) is 16.1. The lowest BCUT2D eigenvalue weighted by atomic mass is 10.2. The molecule has 0 spiro atoms. The normalized spacial score (nSPS) is 13.5. The Balaban J connectivity index is 1.22. The number of hydrogen-bond donors (Lipinski definition) is 1. The van der Waals surface area contributed by atoms with Gasteiger partial charge >= 0.3 is 0 Å². The Hall–Kier alpha value is -3.14. The molecule has 3 aromatic rings. The van der Waals surface area contributed by atoms with E-state index in [1.54, 1.807) is 17.2 Å². The van der Waals surface area contributed by atoms with Crippen molar-refractivity contribution in [3.63, 3.8) is 0 Å². The molecule has 1 aliphatic rings. The van der Waals surface area contributed by atoms with Gasteiger partial charge < -0.3 is 19.9 Å². The van der Waals surface area contributed by atoms with Crippen LogP contribution >= 0.6 is 22.6 Å². The molecule has 1 saturated heterocycles. The number of amides is 2. The lowest BCUT2D eigenvalue weighted by molar-refractivity contribution is -0.130. The van der Waals surface area contributed by atoms with E-state index in [0.717, 1.165) is 20.7 Å². The topological polar surface area (TPSA) is 74.8 Å². The number of nitrogens with zero attached hydrogens (tertiary/aromatic N) is 3. The summed E-state index contributed by atoms with van der Waals surface area (Å²) in [6.45, 7) is 3.05. The van der Waals surface area contributed by atoms with Crippen molar-refractivity contribution in [3.8, 4) is 5.75 Å². The van der Waals surface area contributed by atoms with Crippen LogP contribution in [0.4, 0.5) is 5.82 Å². The third-order valence-corrected chi connectivity index (χ3v) is 6.38. The highest BCUT2D eigenvalue weighted by Crippen LogP contribution is 2.18. The van der Waals surface area contributed by atoms with Gasteiger partial charge in [-0.1, -0.05) is 42.5 Å². The molecular formula is C25H25IN4O3. The van der Waals surface area contributed by atoms with Crippen LogP contribution in [0.5, 0.6) is 5.75 Å². The van der Waals surface area contributed by atoms with E-state index in [1.165, 1.54) is 0 Å². The maximum Gasteiger partial charge on any atom is 0.252 e. The molecular weight excluding hydrogens is 531 g/mol. The van der Waals surface area contributed by atoms with Crippen molar-refractivity contribution in [2.24, 2.45) is 0 Å². The number of carbonyl (C=O) groups excluding carboxylic acids is 2. The van der Waals surface area contributed by atoms with Crippen LogP contribution in [0.3, 0.4) is 0 Å². The molecule has 1 aliphatic heterocycles. The second kappa shape index (κ2) is 11.1. The number of carbonyl (C=O) groups is 2. The van der Waals surface area contributed by atoms with Crippen molar-refractivity contribution < 1.29 is 14.3 Å².